The molecule has 1 nitrogen and oxygen atoms in total. The van der Waals surface area contributed by atoms with Crippen molar-refractivity contribution in [1.82, 2.24) is 0 Å². The van der Waals surface area contributed by atoms with E-state index in [1.807, 2.05) is 12.1 Å². The average Bonchev–Trinajstić information content (AvgIpc) is 2.29. The van der Waals surface area contributed by atoms with Crippen molar-refractivity contribution in [3.8, 4) is 0 Å². The van der Waals surface area contributed by atoms with Crippen molar-refractivity contribution in [2.75, 3.05) is 0 Å². The molecule has 0 aromatic heterocycles. The molecular formula is C14H21N. The van der Waals surface area contributed by atoms with Gasteiger partial charge in [0.1, 0.15) is 0 Å². The molecule has 15 heavy (non-hydrogen) atoms. The molecule has 0 saturated carbocycles. The summed E-state index contributed by atoms with van der Waals surface area (Å²) in [7, 11) is 0. The fourth-order valence-corrected chi connectivity index (χ4v) is 1.75. The first-order chi connectivity index (χ1) is 7.25. The van der Waals surface area contributed by atoms with Gasteiger partial charge in [0, 0.05) is 6.04 Å². The highest BCUT2D eigenvalue weighted by Crippen LogP contribution is 2.20. The van der Waals surface area contributed by atoms with Crippen molar-refractivity contribution in [3.05, 3.63) is 48.6 Å². The van der Waals surface area contributed by atoms with Gasteiger partial charge in [-0.2, -0.15) is 0 Å². The second-order valence-corrected chi connectivity index (χ2v) is 4.08. The van der Waals surface area contributed by atoms with Crippen LogP contribution in [0.1, 0.15) is 37.7 Å². The molecule has 2 unspecified atom stereocenters. The van der Waals surface area contributed by atoms with Gasteiger partial charge in [-0.1, -0.05) is 43.3 Å². The van der Waals surface area contributed by atoms with Crippen LogP contribution in [0.15, 0.2) is 43.0 Å². The Kier molecular flexibility index (Phi) is 5.13. The minimum atomic E-state index is 0.257. The van der Waals surface area contributed by atoms with E-state index >= 15 is 0 Å². The Balaban J connectivity index is 2.45. The van der Waals surface area contributed by atoms with Gasteiger partial charge in [-0.25, -0.2) is 0 Å². The number of hydrogen-bond acceptors (Lipinski definition) is 1. The summed E-state index contributed by atoms with van der Waals surface area (Å²) in [4.78, 5) is 0. The first-order valence-corrected chi connectivity index (χ1v) is 5.67. The largest absolute Gasteiger partial charge is 0.327 e. The van der Waals surface area contributed by atoms with Crippen molar-refractivity contribution in [3.63, 3.8) is 0 Å². The van der Waals surface area contributed by atoms with Crippen LogP contribution in [0.3, 0.4) is 0 Å². The van der Waals surface area contributed by atoms with E-state index in [4.69, 9.17) is 5.73 Å². The Bertz CT molecular complexity index is 279. The summed E-state index contributed by atoms with van der Waals surface area (Å²) in [6.07, 6.45) is 5.24. The van der Waals surface area contributed by atoms with E-state index in [0.717, 1.165) is 19.3 Å². The number of unbranched alkanes of at least 4 members (excludes halogenated alkanes) is 1. The lowest BCUT2D eigenvalue weighted by Gasteiger charge is -2.19. The maximum absolute atomic E-state index is 6.16. The monoisotopic (exact) mass is 203 g/mol. The number of benzene rings is 1. The van der Waals surface area contributed by atoms with Crippen molar-refractivity contribution >= 4 is 0 Å². The first kappa shape index (κ1) is 12.0. The average molecular weight is 203 g/mol. The van der Waals surface area contributed by atoms with E-state index in [1.165, 1.54) is 5.56 Å². The third kappa shape index (κ3) is 3.88. The highest BCUT2D eigenvalue weighted by atomic mass is 14.6. The Morgan fingerprint density at radius 2 is 2.00 bits per heavy atom. The highest BCUT2D eigenvalue weighted by Gasteiger charge is 2.13. The zero-order valence-corrected chi connectivity index (χ0v) is 9.52. The van der Waals surface area contributed by atoms with Crippen LogP contribution in [0.5, 0.6) is 0 Å². The fourth-order valence-electron chi connectivity index (χ4n) is 1.75. The molecule has 1 aromatic carbocycles. The highest BCUT2D eigenvalue weighted by molar-refractivity contribution is 5.20. The lowest BCUT2D eigenvalue weighted by atomic mass is 9.91. The summed E-state index contributed by atoms with van der Waals surface area (Å²) in [5.41, 5.74) is 7.49. The summed E-state index contributed by atoms with van der Waals surface area (Å²) in [5, 5.41) is 0. The minimum Gasteiger partial charge on any atom is -0.327 e. The summed E-state index contributed by atoms with van der Waals surface area (Å²) in [5.74, 6) is 0.441. The molecule has 0 heterocycles. The van der Waals surface area contributed by atoms with Crippen LogP contribution < -0.4 is 5.73 Å². The Hall–Kier alpha value is -1.08. The second-order valence-electron chi connectivity index (χ2n) is 4.08. The molecule has 0 aliphatic heterocycles. The Labute approximate surface area is 93.0 Å². The zero-order valence-electron chi connectivity index (χ0n) is 9.52. The molecule has 0 radical (unpaired) electrons. The van der Waals surface area contributed by atoms with Gasteiger partial charge in [-0.05, 0) is 30.7 Å². The molecule has 0 saturated heterocycles. The van der Waals surface area contributed by atoms with Gasteiger partial charge in [-0.15, -0.1) is 6.58 Å². The summed E-state index contributed by atoms with van der Waals surface area (Å²) in [6.45, 7) is 5.92. The molecule has 0 spiro atoms. The Morgan fingerprint density at radius 1 is 1.33 bits per heavy atom. The van der Waals surface area contributed by atoms with Crippen LogP contribution in [0.25, 0.3) is 0 Å². The molecular weight excluding hydrogens is 182 g/mol. The Morgan fingerprint density at radius 3 is 2.60 bits per heavy atom. The second kappa shape index (κ2) is 6.41. The minimum absolute atomic E-state index is 0.257. The van der Waals surface area contributed by atoms with Gasteiger partial charge in [0.05, 0.1) is 0 Å². The number of rotatable bonds is 6. The van der Waals surface area contributed by atoms with E-state index in [1.54, 1.807) is 0 Å². The van der Waals surface area contributed by atoms with E-state index in [0.29, 0.717) is 5.92 Å². The molecule has 1 rings (SSSR count). The third-order valence-electron chi connectivity index (χ3n) is 2.91. The fraction of sp³-hybridized carbons (Fsp3) is 0.429. The predicted molar refractivity (Wildman–Crippen MR) is 66.9 cm³/mol. The zero-order chi connectivity index (χ0) is 11.1. The molecule has 1 aromatic rings. The lowest BCUT2D eigenvalue weighted by molar-refractivity contribution is 0.513. The maximum atomic E-state index is 6.16. The molecule has 0 fully saturated rings. The first-order valence-electron chi connectivity index (χ1n) is 5.67. The predicted octanol–water partition coefficient (Wildman–Crippen LogP) is 3.47. The summed E-state index contributed by atoms with van der Waals surface area (Å²) < 4.78 is 0. The van der Waals surface area contributed by atoms with E-state index < -0.39 is 0 Å². The number of nitrogens with two attached hydrogens (primary N) is 1. The van der Waals surface area contributed by atoms with Gasteiger partial charge in [0.25, 0.3) is 0 Å². The molecule has 2 N–H and O–H groups in total. The summed E-state index contributed by atoms with van der Waals surface area (Å²) >= 11 is 0. The van der Waals surface area contributed by atoms with Gasteiger partial charge in [0.2, 0.25) is 0 Å². The molecule has 0 aliphatic carbocycles. The van der Waals surface area contributed by atoms with Crippen LogP contribution in [0.2, 0.25) is 0 Å². The normalized spacial score (nSPS) is 14.5. The standard InChI is InChI=1S/C14H21N/c1-3-4-6-11-14(15)12(2)13-9-7-5-8-10-13/h3,5,7-10,12,14H,1,4,6,11,15H2,2H3. The van der Waals surface area contributed by atoms with E-state index in [2.05, 4.69) is 37.8 Å². The SMILES string of the molecule is C=CCCCC(N)C(C)c1ccccc1. The molecule has 0 aliphatic rings. The maximum Gasteiger partial charge on any atom is 0.0105 e. The molecule has 1 heteroatoms. The van der Waals surface area contributed by atoms with Crippen molar-refractivity contribution in [2.45, 2.75) is 38.1 Å². The third-order valence-corrected chi connectivity index (χ3v) is 2.91. The topological polar surface area (TPSA) is 26.0 Å². The molecule has 2 atom stereocenters. The quantitative estimate of drug-likeness (QED) is 0.556. The van der Waals surface area contributed by atoms with Crippen LogP contribution >= 0.6 is 0 Å². The molecule has 0 bridgehead atoms. The van der Waals surface area contributed by atoms with Gasteiger partial charge < -0.3 is 5.73 Å². The van der Waals surface area contributed by atoms with Gasteiger partial charge in [0.15, 0.2) is 0 Å². The molecule has 0 amide bonds. The smallest absolute Gasteiger partial charge is 0.0105 e. The molecule has 82 valence electrons. The van der Waals surface area contributed by atoms with E-state index in [-0.39, 0.29) is 6.04 Å². The number of allylic oxidation sites excluding steroid dienone is 1. The van der Waals surface area contributed by atoms with E-state index in [9.17, 15) is 0 Å². The van der Waals surface area contributed by atoms with Gasteiger partial charge >= 0.3 is 0 Å². The van der Waals surface area contributed by atoms with Crippen molar-refractivity contribution in [2.24, 2.45) is 5.73 Å². The van der Waals surface area contributed by atoms with Crippen molar-refractivity contribution in [1.29, 1.82) is 0 Å². The van der Waals surface area contributed by atoms with Crippen LogP contribution in [-0.2, 0) is 0 Å². The number of hydrogen-bond donors (Lipinski definition) is 1. The lowest BCUT2D eigenvalue weighted by Crippen LogP contribution is -2.26. The van der Waals surface area contributed by atoms with Gasteiger partial charge in [-0.3, -0.25) is 0 Å². The van der Waals surface area contributed by atoms with Crippen molar-refractivity contribution < 1.29 is 0 Å². The van der Waals surface area contributed by atoms with Crippen LogP contribution in [0, 0.1) is 0 Å². The summed E-state index contributed by atoms with van der Waals surface area (Å²) in [6, 6.07) is 10.7. The van der Waals surface area contributed by atoms with Crippen LogP contribution in [-0.4, -0.2) is 6.04 Å². The van der Waals surface area contributed by atoms with Crippen LogP contribution in [0.4, 0.5) is 0 Å².